The molecule has 8 heteroatoms. The Hall–Kier alpha value is -1.67. The number of nitrogens with zero attached hydrogens (tertiary/aromatic N) is 4. The van der Waals surface area contributed by atoms with Gasteiger partial charge in [-0.3, -0.25) is 14.5 Å². The summed E-state index contributed by atoms with van der Waals surface area (Å²) < 4.78 is 0. The number of amides is 2. The zero-order valence-corrected chi connectivity index (χ0v) is 18.7. The van der Waals surface area contributed by atoms with Crippen molar-refractivity contribution in [1.29, 1.82) is 0 Å². The van der Waals surface area contributed by atoms with Gasteiger partial charge < -0.3 is 19.8 Å². The normalized spacial score (nSPS) is 22.0. The zero-order valence-electron chi connectivity index (χ0n) is 18.0. The topological polar surface area (TPSA) is 67.3 Å². The van der Waals surface area contributed by atoms with E-state index in [4.69, 9.17) is 11.6 Å². The summed E-state index contributed by atoms with van der Waals surface area (Å²) >= 11 is 5.91. The highest BCUT2D eigenvalue weighted by Crippen LogP contribution is 2.21. The van der Waals surface area contributed by atoms with E-state index in [1.54, 1.807) is 41.1 Å². The van der Waals surface area contributed by atoms with E-state index >= 15 is 0 Å². The van der Waals surface area contributed by atoms with Gasteiger partial charge in [0.25, 0.3) is 5.91 Å². The van der Waals surface area contributed by atoms with Gasteiger partial charge in [-0.1, -0.05) is 11.6 Å². The number of benzene rings is 1. The zero-order chi connectivity index (χ0) is 21.7. The summed E-state index contributed by atoms with van der Waals surface area (Å²) in [4.78, 5) is 33.6. The molecule has 30 heavy (non-hydrogen) atoms. The molecule has 0 bridgehead atoms. The van der Waals surface area contributed by atoms with Gasteiger partial charge in [-0.05, 0) is 44.2 Å². The number of aliphatic hydroxyl groups excluding tert-OH is 1. The first-order valence-electron chi connectivity index (χ1n) is 10.7. The average Bonchev–Trinajstić information content (AvgIpc) is 2.75. The number of aliphatic hydroxyl groups is 1. The van der Waals surface area contributed by atoms with Crippen molar-refractivity contribution in [1.82, 2.24) is 19.6 Å². The third-order valence-corrected chi connectivity index (χ3v) is 6.33. The van der Waals surface area contributed by atoms with Crippen LogP contribution in [0.15, 0.2) is 24.3 Å². The van der Waals surface area contributed by atoms with E-state index in [1.165, 1.54) is 0 Å². The van der Waals surface area contributed by atoms with Crippen LogP contribution in [-0.4, -0.2) is 109 Å². The van der Waals surface area contributed by atoms with Gasteiger partial charge in [0.15, 0.2) is 0 Å². The summed E-state index contributed by atoms with van der Waals surface area (Å²) in [5.41, 5.74) is 0.587. The summed E-state index contributed by atoms with van der Waals surface area (Å²) in [6.45, 7) is 5.84. The summed E-state index contributed by atoms with van der Waals surface area (Å²) in [7, 11) is 3.85. The van der Waals surface area contributed by atoms with Gasteiger partial charge in [-0.15, -0.1) is 0 Å². The standard InChI is InChI=1S/C22H33ClN4O3/c1-24-10-12-26(13-11-24)16-20(28)15-25(2)21(29)18-4-3-9-27(14-18)22(30)17-5-7-19(23)8-6-17/h5-8,18,20,28H,3-4,9-16H2,1-2H3/t18-,20+/m1/s1. The number of β-amino-alcohol motifs (C(OH)–C–C–N with tert-alkyl or cyclic N) is 1. The third-order valence-electron chi connectivity index (χ3n) is 6.07. The van der Waals surface area contributed by atoms with Crippen LogP contribution in [0.2, 0.25) is 5.02 Å². The van der Waals surface area contributed by atoms with Crippen LogP contribution in [0.4, 0.5) is 0 Å². The molecule has 3 rings (SSSR count). The summed E-state index contributed by atoms with van der Waals surface area (Å²) in [6, 6.07) is 6.85. The minimum atomic E-state index is -0.572. The predicted octanol–water partition coefficient (Wildman–Crippen LogP) is 1.26. The summed E-state index contributed by atoms with van der Waals surface area (Å²) in [5.74, 6) is -0.293. The number of likely N-dealkylation sites (tertiary alicyclic amines) is 1. The first-order chi connectivity index (χ1) is 14.3. The Labute approximate surface area is 184 Å². The number of piperazine rings is 1. The summed E-state index contributed by atoms with van der Waals surface area (Å²) in [5, 5.41) is 11.1. The van der Waals surface area contributed by atoms with Gasteiger partial charge >= 0.3 is 0 Å². The maximum atomic E-state index is 13.0. The van der Waals surface area contributed by atoms with E-state index in [0.717, 1.165) is 39.0 Å². The number of carbonyl (C=O) groups excluding carboxylic acids is 2. The molecule has 1 aromatic carbocycles. The first-order valence-corrected chi connectivity index (χ1v) is 11.1. The Morgan fingerprint density at radius 2 is 1.83 bits per heavy atom. The SMILES string of the molecule is CN1CCN(C[C@@H](O)CN(C)C(=O)[C@@H]2CCCN(C(=O)c3ccc(Cl)cc3)C2)CC1. The highest BCUT2D eigenvalue weighted by molar-refractivity contribution is 6.30. The second-order valence-electron chi connectivity index (χ2n) is 8.57. The van der Waals surface area contributed by atoms with Crippen LogP contribution in [0, 0.1) is 5.92 Å². The van der Waals surface area contributed by atoms with Gasteiger partial charge in [0.05, 0.1) is 12.0 Å². The molecule has 2 amide bonds. The van der Waals surface area contributed by atoms with Crippen molar-refractivity contribution in [2.75, 3.05) is 66.5 Å². The lowest BCUT2D eigenvalue weighted by Crippen LogP contribution is -2.50. The van der Waals surface area contributed by atoms with Crippen molar-refractivity contribution in [3.05, 3.63) is 34.9 Å². The molecular formula is C22H33ClN4O3. The van der Waals surface area contributed by atoms with E-state index < -0.39 is 6.10 Å². The lowest BCUT2D eigenvalue weighted by molar-refractivity contribution is -0.137. The molecular weight excluding hydrogens is 404 g/mol. The highest BCUT2D eigenvalue weighted by atomic mass is 35.5. The number of likely N-dealkylation sites (N-methyl/N-ethyl adjacent to an activating group) is 2. The fraction of sp³-hybridized carbons (Fsp3) is 0.636. The molecule has 1 N–H and O–H groups in total. The minimum Gasteiger partial charge on any atom is -0.390 e. The number of hydrogen-bond acceptors (Lipinski definition) is 5. The van der Waals surface area contributed by atoms with Gasteiger partial charge in [-0.25, -0.2) is 0 Å². The Kier molecular flexibility index (Phi) is 8.11. The van der Waals surface area contributed by atoms with Gasteiger partial charge in [0.2, 0.25) is 5.91 Å². The maximum absolute atomic E-state index is 13.0. The first kappa shape index (κ1) is 23.0. The minimum absolute atomic E-state index is 0.000957. The largest absolute Gasteiger partial charge is 0.390 e. The molecule has 2 fully saturated rings. The summed E-state index contributed by atoms with van der Waals surface area (Å²) in [6.07, 6.45) is 0.994. The maximum Gasteiger partial charge on any atom is 0.253 e. The Morgan fingerprint density at radius 1 is 1.17 bits per heavy atom. The fourth-order valence-corrected chi connectivity index (χ4v) is 4.37. The van der Waals surface area contributed by atoms with E-state index in [-0.39, 0.29) is 17.7 Å². The average molecular weight is 437 g/mol. The van der Waals surface area contributed by atoms with Crippen molar-refractivity contribution < 1.29 is 14.7 Å². The fourth-order valence-electron chi connectivity index (χ4n) is 4.24. The molecule has 0 unspecified atom stereocenters. The number of carbonyl (C=O) groups is 2. The number of hydrogen-bond donors (Lipinski definition) is 1. The van der Waals surface area contributed by atoms with Gasteiger partial charge in [-0.2, -0.15) is 0 Å². The Morgan fingerprint density at radius 3 is 2.50 bits per heavy atom. The second kappa shape index (κ2) is 10.6. The van der Waals surface area contributed by atoms with Crippen molar-refractivity contribution in [2.45, 2.75) is 18.9 Å². The van der Waals surface area contributed by atoms with Crippen LogP contribution in [0.3, 0.4) is 0 Å². The molecule has 0 spiro atoms. The number of rotatable bonds is 6. The molecule has 2 atom stereocenters. The monoisotopic (exact) mass is 436 g/mol. The van der Waals surface area contributed by atoms with Crippen LogP contribution in [-0.2, 0) is 4.79 Å². The van der Waals surface area contributed by atoms with Crippen LogP contribution in [0.1, 0.15) is 23.2 Å². The molecule has 2 saturated heterocycles. The van der Waals surface area contributed by atoms with Crippen LogP contribution in [0.25, 0.3) is 0 Å². The molecule has 7 nitrogen and oxygen atoms in total. The molecule has 1 aromatic rings. The molecule has 2 aliphatic heterocycles. The van der Waals surface area contributed by atoms with Crippen molar-refractivity contribution >= 4 is 23.4 Å². The Bertz CT molecular complexity index is 722. The molecule has 0 saturated carbocycles. The highest BCUT2D eigenvalue weighted by Gasteiger charge is 2.31. The number of piperidine rings is 1. The molecule has 0 radical (unpaired) electrons. The molecule has 0 aliphatic carbocycles. The lowest BCUT2D eigenvalue weighted by atomic mass is 9.96. The molecule has 0 aromatic heterocycles. The molecule has 166 valence electrons. The molecule has 2 aliphatic rings. The number of halogens is 1. The van der Waals surface area contributed by atoms with Gasteiger partial charge in [0, 0.05) is 70.0 Å². The van der Waals surface area contributed by atoms with E-state index in [9.17, 15) is 14.7 Å². The van der Waals surface area contributed by atoms with Crippen molar-refractivity contribution in [3.8, 4) is 0 Å². The van der Waals surface area contributed by atoms with Gasteiger partial charge in [0.1, 0.15) is 0 Å². The van der Waals surface area contributed by atoms with E-state index in [0.29, 0.717) is 36.8 Å². The van der Waals surface area contributed by atoms with E-state index in [1.807, 2.05) is 0 Å². The van der Waals surface area contributed by atoms with Crippen LogP contribution < -0.4 is 0 Å². The quantitative estimate of drug-likeness (QED) is 0.727. The smallest absolute Gasteiger partial charge is 0.253 e. The van der Waals surface area contributed by atoms with Crippen molar-refractivity contribution in [2.24, 2.45) is 5.92 Å². The predicted molar refractivity (Wildman–Crippen MR) is 118 cm³/mol. The third kappa shape index (κ3) is 6.17. The lowest BCUT2D eigenvalue weighted by Gasteiger charge is -2.36. The van der Waals surface area contributed by atoms with Crippen molar-refractivity contribution in [3.63, 3.8) is 0 Å². The molecule has 2 heterocycles. The van der Waals surface area contributed by atoms with Crippen LogP contribution >= 0.6 is 11.6 Å². The van der Waals surface area contributed by atoms with Crippen LogP contribution in [0.5, 0.6) is 0 Å². The van der Waals surface area contributed by atoms with E-state index in [2.05, 4.69) is 16.8 Å². The Balaban J connectivity index is 1.50. The second-order valence-corrected chi connectivity index (χ2v) is 9.01.